The molecular weight excluding hydrogens is 136 g/mol. The fraction of sp³-hybridized carbons (Fsp3) is 0.800. The zero-order chi connectivity index (χ0) is 8.15. The molecular formula is C5H10N2O3. The van der Waals surface area contributed by atoms with Gasteiger partial charge in [0, 0.05) is 14.1 Å². The van der Waals surface area contributed by atoms with Crippen molar-refractivity contribution in [3.05, 3.63) is 4.91 Å². The van der Waals surface area contributed by atoms with Crippen LogP contribution >= 0.6 is 0 Å². The minimum absolute atomic E-state index is 0.563. The predicted molar refractivity (Wildman–Crippen MR) is 35.4 cm³/mol. The highest BCUT2D eigenvalue weighted by molar-refractivity contribution is 5.66. The minimum Gasteiger partial charge on any atom is -0.420 e. The first-order chi connectivity index (χ1) is 4.57. The number of nitrogens with zero attached hydrogens (tertiary/aromatic N) is 2. The van der Waals surface area contributed by atoms with Crippen LogP contribution in [0.5, 0.6) is 0 Å². The van der Waals surface area contributed by atoms with Crippen LogP contribution in [0.15, 0.2) is 5.18 Å². The third kappa shape index (κ3) is 3.01. The summed E-state index contributed by atoms with van der Waals surface area (Å²) in [4.78, 5) is 21.6. The van der Waals surface area contributed by atoms with E-state index in [-0.39, 0.29) is 0 Å². The van der Waals surface area contributed by atoms with Crippen molar-refractivity contribution in [1.29, 1.82) is 0 Å². The van der Waals surface area contributed by atoms with Crippen molar-refractivity contribution in [2.24, 2.45) is 5.18 Å². The first-order valence-corrected chi connectivity index (χ1v) is 2.78. The Morgan fingerprint density at radius 2 is 2.10 bits per heavy atom. The van der Waals surface area contributed by atoms with Gasteiger partial charge in [0.1, 0.15) is 0 Å². The van der Waals surface area contributed by atoms with Crippen LogP contribution in [0.1, 0.15) is 6.92 Å². The Bertz CT molecular complexity index is 135. The zero-order valence-corrected chi connectivity index (χ0v) is 6.20. The number of carbonyl (C=O) groups excluding carboxylic acids is 1. The Balaban J connectivity index is 3.68. The Morgan fingerprint density at radius 1 is 1.60 bits per heavy atom. The lowest BCUT2D eigenvalue weighted by atomic mass is 10.7. The van der Waals surface area contributed by atoms with Crippen LogP contribution in [0.4, 0.5) is 4.79 Å². The van der Waals surface area contributed by atoms with Gasteiger partial charge in [-0.05, 0) is 12.1 Å². The molecule has 0 aliphatic carbocycles. The van der Waals surface area contributed by atoms with Crippen molar-refractivity contribution in [2.45, 2.75) is 13.2 Å². The Hall–Kier alpha value is -1.13. The summed E-state index contributed by atoms with van der Waals surface area (Å²) in [6.45, 7) is 1.40. The molecule has 0 radical (unpaired) electrons. The van der Waals surface area contributed by atoms with Gasteiger partial charge >= 0.3 is 6.09 Å². The van der Waals surface area contributed by atoms with E-state index in [2.05, 4.69) is 9.91 Å². The number of hydrogen-bond donors (Lipinski definition) is 0. The number of nitroso groups, excluding NO2 is 1. The summed E-state index contributed by atoms with van der Waals surface area (Å²) in [6.07, 6.45) is -1.47. The van der Waals surface area contributed by atoms with Gasteiger partial charge in [-0.2, -0.15) is 0 Å². The molecule has 0 rings (SSSR count). The van der Waals surface area contributed by atoms with Gasteiger partial charge in [-0.15, -0.1) is 4.91 Å². The number of rotatable bonds is 2. The molecule has 58 valence electrons. The summed E-state index contributed by atoms with van der Waals surface area (Å²) in [5, 5.41) is 2.49. The van der Waals surface area contributed by atoms with E-state index in [0.29, 0.717) is 0 Å². The molecule has 0 saturated carbocycles. The van der Waals surface area contributed by atoms with Gasteiger partial charge in [0.15, 0.2) is 0 Å². The van der Waals surface area contributed by atoms with Crippen molar-refractivity contribution in [3.8, 4) is 0 Å². The molecule has 0 bridgehead atoms. The molecule has 1 atom stereocenters. The summed E-state index contributed by atoms with van der Waals surface area (Å²) in [7, 11) is 3.06. The number of carbonyl (C=O) groups is 1. The quantitative estimate of drug-likeness (QED) is 0.541. The molecule has 0 aliphatic rings. The van der Waals surface area contributed by atoms with Crippen molar-refractivity contribution >= 4 is 6.09 Å². The van der Waals surface area contributed by atoms with Crippen molar-refractivity contribution in [2.75, 3.05) is 14.1 Å². The Kier molecular flexibility index (Phi) is 3.38. The van der Waals surface area contributed by atoms with Crippen LogP contribution in [0.25, 0.3) is 0 Å². The molecule has 0 N–H and O–H groups in total. The predicted octanol–water partition coefficient (Wildman–Crippen LogP) is 0.797. The molecule has 0 aromatic carbocycles. The van der Waals surface area contributed by atoms with Crippen LogP contribution < -0.4 is 0 Å². The first kappa shape index (κ1) is 8.87. The molecule has 0 aromatic rings. The second-order valence-electron chi connectivity index (χ2n) is 1.98. The number of hydrogen-bond acceptors (Lipinski definition) is 4. The average molecular weight is 146 g/mol. The molecule has 0 aromatic heterocycles. The highest BCUT2D eigenvalue weighted by Crippen LogP contribution is 1.94. The molecule has 1 amide bonds. The van der Waals surface area contributed by atoms with Gasteiger partial charge in [-0.25, -0.2) is 4.79 Å². The molecule has 0 heterocycles. The largest absolute Gasteiger partial charge is 0.420 e. The normalized spacial score (nSPS) is 11.9. The molecule has 0 spiro atoms. The average Bonchev–Trinajstić information content (AvgIpc) is 1.87. The van der Waals surface area contributed by atoms with Crippen LogP contribution in [0, 0.1) is 4.91 Å². The smallest absolute Gasteiger partial charge is 0.411 e. The van der Waals surface area contributed by atoms with E-state index in [9.17, 15) is 9.70 Å². The summed E-state index contributed by atoms with van der Waals surface area (Å²) in [6, 6.07) is 0. The lowest BCUT2D eigenvalue weighted by Crippen LogP contribution is -2.25. The third-order valence-corrected chi connectivity index (χ3v) is 0.785. The van der Waals surface area contributed by atoms with E-state index in [0.717, 1.165) is 0 Å². The summed E-state index contributed by atoms with van der Waals surface area (Å²) >= 11 is 0. The second-order valence-corrected chi connectivity index (χ2v) is 1.98. The molecule has 10 heavy (non-hydrogen) atoms. The fourth-order valence-corrected chi connectivity index (χ4v) is 0.273. The summed E-state index contributed by atoms with van der Waals surface area (Å²) in [5.74, 6) is 0. The number of amides is 1. The second kappa shape index (κ2) is 3.81. The molecule has 0 fully saturated rings. The van der Waals surface area contributed by atoms with Crippen molar-refractivity contribution in [1.82, 2.24) is 4.90 Å². The lowest BCUT2D eigenvalue weighted by Gasteiger charge is -2.11. The van der Waals surface area contributed by atoms with E-state index in [1.807, 2.05) is 0 Å². The topological polar surface area (TPSA) is 59.0 Å². The van der Waals surface area contributed by atoms with Crippen LogP contribution in [-0.4, -0.2) is 31.3 Å². The highest BCUT2D eigenvalue weighted by atomic mass is 16.6. The maximum atomic E-state index is 10.6. The standard InChI is InChI=1S/C5H10N2O3/c1-4(6-9)10-5(8)7(2)3/h4H,1-3H3. The fourth-order valence-electron chi connectivity index (χ4n) is 0.273. The SMILES string of the molecule is CC(N=O)OC(=O)N(C)C. The maximum Gasteiger partial charge on any atom is 0.411 e. The summed E-state index contributed by atoms with van der Waals surface area (Å²) in [5.41, 5.74) is 0. The summed E-state index contributed by atoms with van der Waals surface area (Å²) < 4.78 is 4.47. The number of ether oxygens (including phenoxy) is 1. The van der Waals surface area contributed by atoms with Gasteiger partial charge in [0.2, 0.25) is 6.23 Å². The highest BCUT2D eigenvalue weighted by Gasteiger charge is 2.09. The van der Waals surface area contributed by atoms with E-state index < -0.39 is 12.3 Å². The van der Waals surface area contributed by atoms with Gasteiger partial charge < -0.3 is 9.64 Å². The Labute approximate surface area is 58.9 Å². The third-order valence-electron chi connectivity index (χ3n) is 0.785. The van der Waals surface area contributed by atoms with E-state index in [1.165, 1.54) is 25.9 Å². The van der Waals surface area contributed by atoms with Crippen molar-refractivity contribution < 1.29 is 9.53 Å². The van der Waals surface area contributed by atoms with Gasteiger partial charge in [-0.1, -0.05) is 0 Å². The van der Waals surface area contributed by atoms with Crippen molar-refractivity contribution in [3.63, 3.8) is 0 Å². The van der Waals surface area contributed by atoms with Crippen LogP contribution in [-0.2, 0) is 4.74 Å². The zero-order valence-electron chi connectivity index (χ0n) is 6.20. The van der Waals surface area contributed by atoms with E-state index in [1.54, 1.807) is 0 Å². The Morgan fingerprint density at radius 3 is 2.40 bits per heavy atom. The molecule has 0 aliphatic heterocycles. The van der Waals surface area contributed by atoms with Crippen LogP contribution in [0.3, 0.4) is 0 Å². The molecule has 5 nitrogen and oxygen atoms in total. The minimum atomic E-state index is -0.908. The van der Waals surface area contributed by atoms with Gasteiger partial charge in [-0.3, -0.25) is 0 Å². The molecule has 0 saturated heterocycles. The molecule has 1 unspecified atom stereocenters. The van der Waals surface area contributed by atoms with Gasteiger partial charge in [0.25, 0.3) is 0 Å². The first-order valence-electron chi connectivity index (χ1n) is 2.78. The maximum absolute atomic E-state index is 10.6. The monoisotopic (exact) mass is 146 g/mol. The van der Waals surface area contributed by atoms with E-state index >= 15 is 0 Å². The van der Waals surface area contributed by atoms with Gasteiger partial charge in [0.05, 0.1) is 0 Å². The van der Waals surface area contributed by atoms with Crippen LogP contribution in [0.2, 0.25) is 0 Å². The molecule has 5 heteroatoms. The lowest BCUT2D eigenvalue weighted by molar-refractivity contribution is 0.0858. The van der Waals surface area contributed by atoms with E-state index in [4.69, 9.17) is 0 Å².